The Labute approximate surface area is 250 Å². The fourth-order valence-electron chi connectivity index (χ4n) is 4.36. The van der Waals surface area contributed by atoms with E-state index in [0.717, 1.165) is 0 Å². The van der Waals surface area contributed by atoms with Crippen molar-refractivity contribution in [3.63, 3.8) is 0 Å². The number of benzene rings is 6. The summed E-state index contributed by atoms with van der Waals surface area (Å²) in [6, 6.07) is 64.7. The van der Waals surface area contributed by atoms with Gasteiger partial charge < -0.3 is 0 Å². The Morgan fingerprint density at radius 2 is 0.333 bits per heavy atom. The van der Waals surface area contributed by atoms with E-state index < -0.39 is 15.8 Å². The Morgan fingerprint density at radius 1 is 0.205 bits per heavy atom. The van der Waals surface area contributed by atoms with E-state index in [-0.39, 0.29) is 22.4 Å². The molecule has 0 saturated heterocycles. The van der Waals surface area contributed by atoms with Gasteiger partial charge in [-0.25, -0.2) is 0 Å². The molecule has 39 heavy (non-hydrogen) atoms. The molecule has 6 rings (SSSR count). The molecule has 0 amide bonds. The summed E-state index contributed by atoms with van der Waals surface area (Å²) in [6.07, 6.45) is 0. The van der Waals surface area contributed by atoms with Gasteiger partial charge in [0.05, 0.1) is 0 Å². The van der Waals surface area contributed by atoms with E-state index in [4.69, 9.17) is 0 Å². The van der Waals surface area contributed by atoms with Crippen LogP contribution in [0.2, 0.25) is 0 Å². The van der Waals surface area contributed by atoms with Crippen molar-refractivity contribution in [3.8, 4) is 0 Å². The van der Waals surface area contributed by atoms with Crippen LogP contribution < -0.4 is 31.8 Å². The predicted octanol–water partition coefficient (Wildman–Crippen LogP) is 6.89. The Kier molecular flexibility index (Phi) is 11.5. The quantitative estimate of drug-likeness (QED) is 0.139. The molecule has 0 heterocycles. The van der Waals surface area contributed by atoms with Crippen LogP contribution in [0.4, 0.5) is 0 Å². The van der Waals surface area contributed by atoms with Crippen molar-refractivity contribution in [1.29, 1.82) is 0 Å². The van der Waals surface area contributed by atoms with Crippen molar-refractivity contribution >= 4 is 47.7 Å². The summed E-state index contributed by atoms with van der Waals surface area (Å²) < 4.78 is 0. The average molecular weight is 632 g/mol. The van der Waals surface area contributed by atoms with E-state index >= 15 is 0 Å². The molecule has 0 atom stereocenters. The first-order valence-electron chi connectivity index (χ1n) is 12.8. The molecule has 0 bridgehead atoms. The zero-order valence-corrected chi connectivity index (χ0v) is 24.8. The molecular formula is C36H30AgP2+. The molecule has 0 unspecified atom stereocenters. The van der Waals surface area contributed by atoms with Crippen LogP contribution in [-0.4, -0.2) is 0 Å². The largest absolute Gasteiger partial charge is 1.00 e. The summed E-state index contributed by atoms with van der Waals surface area (Å²) in [4.78, 5) is 0. The maximum atomic E-state index is 2.23. The number of hydrogen-bond acceptors (Lipinski definition) is 0. The second-order valence-electron chi connectivity index (χ2n) is 8.68. The van der Waals surface area contributed by atoms with Gasteiger partial charge in [0.15, 0.2) is 0 Å². The van der Waals surface area contributed by atoms with Crippen molar-refractivity contribution in [2.45, 2.75) is 0 Å². The van der Waals surface area contributed by atoms with E-state index in [2.05, 4.69) is 182 Å². The third-order valence-electron chi connectivity index (χ3n) is 6.09. The topological polar surface area (TPSA) is 0 Å². The summed E-state index contributed by atoms with van der Waals surface area (Å²) in [7, 11) is -0.892. The van der Waals surface area contributed by atoms with Crippen molar-refractivity contribution in [3.05, 3.63) is 182 Å². The summed E-state index contributed by atoms with van der Waals surface area (Å²) in [5.74, 6) is 0. The third-order valence-corrected chi connectivity index (χ3v) is 11.0. The van der Waals surface area contributed by atoms with Gasteiger partial charge in [0.2, 0.25) is 0 Å². The Morgan fingerprint density at radius 3 is 0.462 bits per heavy atom. The van der Waals surface area contributed by atoms with Crippen molar-refractivity contribution in [2.75, 3.05) is 0 Å². The van der Waals surface area contributed by atoms with Crippen LogP contribution in [0.5, 0.6) is 0 Å². The minimum Gasteiger partial charge on any atom is -0.0622 e. The van der Waals surface area contributed by atoms with Gasteiger partial charge in [-0.05, 0) is 47.7 Å². The molecule has 0 aliphatic carbocycles. The molecule has 0 fully saturated rings. The van der Waals surface area contributed by atoms with Crippen molar-refractivity contribution < 1.29 is 22.4 Å². The molecule has 0 spiro atoms. The van der Waals surface area contributed by atoms with Crippen LogP contribution in [0.3, 0.4) is 0 Å². The molecule has 0 N–H and O–H groups in total. The fourth-order valence-corrected chi connectivity index (χ4v) is 8.97. The molecule has 194 valence electrons. The van der Waals surface area contributed by atoms with Crippen LogP contribution in [0.25, 0.3) is 0 Å². The average Bonchev–Trinajstić information content (AvgIpc) is 3.01. The summed E-state index contributed by atoms with van der Waals surface area (Å²) in [5.41, 5.74) is 0. The molecule has 6 aromatic rings. The van der Waals surface area contributed by atoms with Gasteiger partial charge >= 0.3 is 22.4 Å². The molecule has 0 saturated carbocycles. The Hall–Kier alpha value is -3.08. The van der Waals surface area contributed by atoms with Crippen LogP contribution in [0, 0.1) is 0 Å². The van der Waals surface area contributed by atoms with Gasteiger partial charge in [0, 0.05) is 0 Å². The second-order valence-corrected chi connectivity index (χ2v) is 13.1. The van der Waals surface area contributed by atoms with Gasteiger partial charge in [0.1, 0.15) is 0 Å². The van der Waals surface area contributed by atoms with E-state index in [9.17, 15) is 0 Å². The molecule has 0 nitrogen and oxygen atoms in total. The fraction of sp³-hybridized carbons (Fsp3) is 0. The molecule has 0 aliphatic rings. The summed E-state index contributed by atoms with van der Waals surface area (Å²) in [5, 5.41) is 8.39. The zero-order chi connectivity index (χ0) is 25.8. The molecule has 6 aromatic carbocycles. The second kappa shape index (κ2) is 15.5. The molecule has 3 heteroatoms. The van der Waals surface area contributed by atoms with E-state index in [1.54, 1.807) is 0 Å². The minimum atomic E-state index is -0.446. The maximum absolute atomic E-state index is 2.23. The first kappa shape index (κ1) is 28.9. The van der Waals surface area contributed by atoms with E-state index in [1.807, 2.05) is 0 Å². The smallest absolute Gasteiger partial charge is 0.0622 e. The molecular weight excluding hydrogens is 602 g/mol. The van der Waals surface area contributed by atoms with Crippen molar-refractivity contribution in [2.24, 2.45) is 0 Å². The van der Waals surface area contributed by atoms with Gasteiger partial charge in [-0.3, -0.25) is 0 Å². The van der Waals surface area contributed by atoms with E-state index in [1.165, 1.54) is 31.8 Å². The minimum absolute atomic E-state index is 0. The summed E-state index contributed by atoms with van der Waals surface area (Å²) >= 11 is 0. The number of hydrogen-bond donors (Lipinski definition) is 0. The van der Waals surface area contributed by atoms with Crippen LogP contribution in [-0.2, 0) is 22.4 Å². The maximum Gasteiger partial charge on any atom is 1.00 e. The van der Waals surface area contributed by atoms with E-state index in [0.29, 0.717) is 0 Å². The predicted molar refractivity (Wildman–Crippen MR) is 170 cm³/mol. The van der Waals surface area contributed by atoms with Crippen LogP contribution >= 0.6 is 15.8 Å². The zero-order valence-electron chi connectivity index (χ0n) is 21.5. The standard InChI is InChI=1S/2C18H15P.Ag/c2*1-4-10-16(11-5-1)19(17-12-6-2-7-13-17)18-14-8-3-9-15-18;/h2*1-15H;/q;;+1. The molecule has 0 radical (unpaired) electrons. The SMILES string of the molecule is [Ag+].c1ccc(P(c2ccccc2)c2ccccc2)cc1.c1ccc(P(c2ccccc2)c2ccccc2)cc1. The van der Waals surface area contributed by atoms with Gasteiger partial charge in [0.25, 0.3) is 0 Å². The van der Waals surface area contributed by atoms with Crippen LogP contribution in [0.15, 0.2) is 182 Å². The van der Waals surface area contributed by atoms with Crippen molar-refractivity contribution in [1.82, 2.24) is 0 Å². The normalized spacial score (nSPS) is 10.3. The first-order chi connectivity index (χ1) is 18.9. The van der Waals surface area contributed by atoms with Gasteiger partial charge in [-0.15, -0.1) is 0 Å². The van der Waals surface area contributed by atoms with Crippen LogP contribution in [0.1, 0.15) is 0 Å². The van der Waals surface area contributed by atoms with Gasteiger partial charge in [-0.2, -0.15) is 0 Å². The summed E-state index contributed by atoms with van der Waals surface area (Å²) in [6.45, 7) is 0. The monoisotopic (exact) mass is 631 g/mol. The Balaban J connectivity index is 0.000000176. The van der Waals surface area contributed by atoms with Gasteiger partial charge in [-0.1, -0.05) is 182 Å². The third kappa shape index (κ3) is 7.97. The number of rotatable bonds is 6. The first-order valence-corrected chi connectivity index (χ1v) is 15.5. The molecule has 0 aromatic heterocycles. The molecule has 0 aliphatic heterocycles. The Bertz CT molecular complexity index is 1170.